The van der Waals surface area contributed by atoms with Crippen molar-refractivity contribution in [3.8, 4) is 0 Å². The number of benzene rings is 1. The Morgan fingerprint density at radius 3 is 2.37 bits per heavy atom. The topological polar surface area (TPSA) is 110 Å². The summed E-state index contributed by atoms with van der Waals surface area (Å²) in [5.41, 5.74) is 0.869. The Morgan fingerprint density at radius 2 is 1.77 bits per heavy atom. The van der Waals surface area contributed by atoms with Gasteiger partial charge in [-0.05, 0) is 38.8 Å². The molecule has 2 aliphatic rings. The highest BCUT2D eigenvalue weighted by Gasteiger charge is 2.47. The third-order valence-corrected chi connectivity index (χ3v) is 5.35. The van der Waals surface area contributed by atoms with Crippen LogP contribution in [0.5, 0.6) is 0 Å². The normalized spacial score (nSPS) is 21.2. The van der Waals surface area contributed by atoms with Crippen LogP contribution in [0.15, 0.2) is 36.4 Å². The Labute approximate surface area is 174 Å². The molecule has 8 nitrogen and oxygen atoms in total. The fourth-order valence-corrected chi connectivity index (χ4v) is 3.66. The number of Topliss-reactive ketones (excluding diaryl/α,β-unsaturated/α-hetero) is 1. The number of rotatable bonds is 7. The van der Waals surface area contributed by atoms with Crippen molar-refractivity contribution in [1.82, 2.24) is 4.90 Å². The lowest BCUT2D eigenvalue weighted by Gasteiger charge is -2.16. The standard InChI is InChI=1S/C22H24N2O6/c1-13(25)15-6-5-7-16(12-15)23-20(27)14(2)30-19(26)10-11-24-21(28)17-8-3-4-9-18(17)22(24)29/h3-7,12,14,17-18H,8-11H2,1-2H3,(H,23,27)/t14-,17-,18+/m1/s1. The Kier molecular flexibility index (Phi) is 6.44. The highest BCUT2D eigenvalue weighted by Crippen LogP contribution is 2.35. The Balaban J connectivity index is 1.49. The lowest BCUT2D eigenvalue weighted by atomic mass is 9.85. The van der Waals surface area contributed by atoms with Gasteiger partial charge < -0.3 is 10.1 Å². The van der Waals surface area contributed by atoms with E-state index in [9.17, 15) is 24.0 Å². The van der Waals surface area contributed by atoms with Gasteiger partial charge in [-0.15, -0.1) is 0 Å². The molecule has 1 aromatic rings. The van der Waals surface area contributed by atoms with Crippen LogP contribution in [0.1, 0.15) is 43.5 Å². The van der Waals surface area contributed by atoms with Gasteiger partial charge in [-0.2, -0.15) is 0 Å². The second-order valence-electron chi connectivity index (χ2n) is 7.49. The van der Waals surface area contributed by atoms with Gasteiger partial charge in [0.25, 0.3) is 5.91 Å². The zero-order valence-corrected chi connectivity index (χ0v) is 16.9. The summed E-state index contributed by atoms with van der Waals surface area (Å²) in [6, 6.07) is 6.43. The number of hydrogen-bond donors (Lipinski definition) is 1. The Morgan fingerprint density at radius 1 is 1.13 bits per heavy atom. The number of ether oxygens (including phenoxy) is 1. The summed E-state index contributed by atoms with van der Waals surface area (Å²) >= 11 is 0. The van der Waals surface area contributed by atoms with Crippen molar-refractivity contribution < 1.29 is 28.7 Å². The first kappa shape index (κ1) is 21.4. The molecule has 8 heteroatoms. The van der Waals surface area contributed by atoms with Crippen LogP contribution < -0.4 is 5.32 Å². The van der Waals surface area contributed by atoms with Crippen LogP contribution in [-0.4, -0.2) is 47.0 Å². The van der Waals surface area contributed by atoms with E-state index in [-0.39, 0.29) is 42.4 Å². The molecular formula is C22H24N2O6. The van der Waals surface area contributed by atoms with E-state index in [1.807, 2.05) is 12.2 Å². The molecule has 158 valence electrons. The predicted octanol–water partition coefficient (Wildman–Crippen LogP) is 2.10. The molecule has 0 unspecified atom stereocenters. The molecule has 3 amide bonds. The van der Waals surface area contributed by atoms with E-state index in [2.05, 4.69) is 5.32 Å². The van der Waals surface area contributed by atoms with Gasteiger partial charge in [0.1, 0.15) is 0 Å². The number of amides is 3. The van der Waals surface area contributed by atoms with Crippen molar-refractivity contribution in [3.63, 3.8) is 0 Å². The second kappa shape index (κ2) is 9.02. The fourth-order valence-electron chi connectivity index (χ4n) is 3.66. The fraction of sp³-hybridized carbons (Fsp3) is 0.409. The first-order chi connectivity index (χ1) is 14.3. The van der Waals surface area contributed by atoms with Crippen LogP contribution in [0.2, 0.25) is 0 Å². The van der Waals surface area contributed by atoms with E-state index < -0.39 is 18.0 Å². The van der Waals surface area contributed by atoms with Gasteiger partial charge in [0.05, 0.1) is 18.3 Å². The third kappa shape index (κ3) is 4.64. The minimum absolute atomic E-state index is 0.0570. The largest absolute Gasteiger partial charge is 0.452 e. The summed E-state index contributed by atoms with van der Waals surface area (Å²) in [6.45, 7) is 2.79. The number of esters is 1. The van der Waals surface area contributed by atoms with E-state index in [1.165, 1.54) is 19.9 Å². The van der Waals surface area contributed by atoms with Gasteiger partial charge in [-0.3, -0.25) is 28.9 Å². The van der Waals surface area contributed by atoms with Gasteiger partial charge in [0, 0.05) is 17.8 Å². The second-order valence-corrected chi connectivity index (χ2v) is 7.49. The van der Waals surface area contributed by atoms with Crippen molar-refractivity contribution in [2.45, 2.75) is 39.2 Å². The predicted molar refractivity (Wildman–Crippen MR) is 107 cm³/mol. The summed E-state index contributed by atoms with van der Waals surface area (Å²) < 4.78 is 5.13. The molecule has 1 aliphatic heterocycles. The number of carbonyl (C=O) groups is 5. The van der Waals surface area contributed by atoms with Crippen molar-refractivity contribution in [3.05, 3.63) is 42.0 Å². The molecular weight excluding hydrogens is 388 g/mol. The van der Waals surface area contributed by atoms with Crippen LogP contribution in [0.4, 0.5) is 5.69 Å². The van der Waals surface area contributed by atoms with Crippen LogP contribution in [0.3, 0.4) is 0 Å². The summed E-state index contributed by atoms with van der Waals surface area (Å²) in [6.07, 6.45) is 3.63. The zero-order valence-electron chi connectivity index (χ0n) is 16.9. The van der Waals surface area contributed by atoms with E-state index in [0.29, 0.717) is 24.1 Å². The molecule has 0 aromatic heterocycles. The quantitative estimate of drug-likeness (QED) is 0.318. The van der Waals surface area contributed by atoms with Crippen LogP contribution >= 0.6 is 0 Å². The van der Waals surface area contributed by atoms with Gasteiger partial charge in [0.2, 0.25) is 11.8 Å². The van der Waals surface area contributed by atoms with E-state index >= 15 is 0 Å². The van der Waals surface area contributed by atoms with E-state index in [1.54, 1.807) is 18.2 Å². The molecule has 1 heterocycles. The highest BCUT2D eigenvalue weighted by molar-refractivity contribution is 6.05. The lowest BCUT2D eigenvalue weighted by Crippen LogP contribution is -2.35. The van der Waals surface area contributed by atoms with E-state index in [4.69, 9.17) is 4.74 Å². The molecule has 1 aromatic carbocycles. The molecule has 1 aliphatic carbocycles. The average molecular weight is 412 g/mol. The molecule has 30 heavy (non-hydrogen) atoms. The van der Waals surface area contributed by atoms with Crippen LogP contribution in [0.25, 0.3) is 0 Å². The molecule has 3 atom stereocenters. The maximum Gasteiger partial charge on any atom is 0.308 e. The molecule has 1 fully saturated rings. The zero-order chi connectivity index (χ0) is 21.8. The van der Waals surface area contributed by atoms with Gasteiger partial charge in [-0.1, -0.05) is 24.3 Å². The maximum absolute atomic E-state index is 12.4. The van der Waals surface area contributed by atoms with Crippen molar-refractivity contribution in [1.29, 1.82) is 0 Å². The number of likely N-dealkylation sites (tertiary alicyclic amines) is 1. The molecule has 3 rings (SSSR count). The average Bonchev–Trinajstić information content (AvgIpc) is 2.97. The number of nitrogens with one attached hydrogen (secondary N) is 1. The molecule has 0 radical (unpaired) electrons. The third-order valence-electron chi connectivity index (χ3n) is 5.35. The molecule has 0 spiro atoms. The lowest BCUT2D eigenvalue weighted by molar-refractivity contribution is -0.154. The van der Waals surface area contributed by atoms with Gasteiger partial charge >= 0.3 is 5.97 Å². The van der Waals surface area contributed by atoms with Crippen LogP contribution in [0, 0.1) is 11.8 Å². The number of ketones is 1. The highest BCUT2D eigenvalue weighted by atomic mass is 16.5. The molecule has 0 bridgehead atoms. The monoisotopic (exact) mass is 412 g/mol. The number of imide groups is 1. The van der Waals surface area contributed by atoms with Gasteiger partial charge in [0.15, 0.2) is 11.9 Å². The first-order valence-electron chi connectivity index (χ1n) is 9.89. The SMILES string of the molecule is CC(=O)c1cccc(NC(=O)[C@@H](C)OC(=O)CCN2C(=O)[C@H]3CC=CC[C@H]3C2=O)c1. The first-order valence-corrected chi connectivity index (χ1v) is 9.89. The Bertz CT molecular complexity index is 896. The van der Waals surface area contributed by atoms with Crippen molar-refractivity contribution in [2.75, 3.05) is 11.9 Å². The number of allylic oxidation sites excluding steroid dienone is 2. The molecule has 1 saturated heterocycles. The van der Waals surface area contributed by atoms with E-state index in [0.717, 1.165) is 4.90 Å². The smallest absolute Gasteiger partial charge is 0.308 e. The number of hydrogen-bond acceptors (Lipinski definition) is 6. The number of anilines is 1. The summed E-state index contributed by atoms with van der Waals surface area (Å²) in [5, 5.41) is 2.59. The minimum atomic E-state index is -1.07. The molecule has 1 N–H and O–H groups in total. The summed E-state index contributed by atoms with van der Waals surface area (Å²) in [4.78, 5) is 61.8. The Hall–Kier alpha value is -3.29. The summed E-state index contributed by atoms with van der Waals surface area (Å²) in [7, 11) is 0. The number of nitrogens with zero attached hydrogens (tertiary/aromatic N) is 1. The minimum Gasteiger partial charge on any atom is -0.452 e. The number of carbonyl (C=O) groups excluding carboxylic acids is 5. The van der Waals surface area contributed by atoms with Crippen molar-refractivity contribution >= 4 is 35.2 Å². The number of fused-ring (bicyclic) bond motifs is 1. The van der Waals surface area contributed by atoms with Crippen molar-refractivity contribution in [2.24, 2.45) is 11.8 Å². The summed E-state index contributed by atoms with van der Waals surface area (Å²) in [5.74, 6) is -2.54. The molecule has 0 saturated carbocycles. The van der Waals surface area contributed by atoms with Gasteiger partial charge in [-0.25, -0.2) is 0 Å². The van der Waals surface area contributed by atoms with Crippen LogP contribution in [-0.2, 0) is 23.9 Å². The maximum atomic E-state index is 12.4.